The first-order chi connectivity index (χ1) is 18.3. The number of carbonyl (C=O) groups is 3. The number of hydrogen-bond acceptors (Lipinski definition) is 6. The first-order valence-electron chi connectivity index (χ1n) is 12.8. The van der Waals surface area contributed by atoms with Gasteiger partial charge in [-0.2, -0.15) is 5.26 Å². The highest BCUT2D eigenvalue weighted by Crippen LogP contribution is 2.39. The summed E-state index contributed by atoms with van der Waals surface area (Å²) in [7, 11) is 1.38. The second-order valence-corrected chi connectivity index (χ2v) is 11.1. The Morgan fingerprint density at radius 2 is 1.79 bits per heavy atom. The first-order valence-corrected chi connectivity index (χ1v) is 13.2. The number of carbonyl (C=O) groups excluding carboxylic acids is 2. The van der Waals surface area contributed by atoms with E-state index >= 15 is 0 Å². The molecule has 2 aromatic carbocycles. The number of anilines is 1. The number of carboxylic acid groups (broad SMARTS) is 1. The molecule has 208 valence electrons. The highest BCUT2D eigenvalue weighted by atomic mass is 35.5. The van der Waals surface area contributed by atoms with Crippen molar-refractivity contribution in [3.05, 3.63) is 52.0 Å². The fraction of sp³-hybridized carbons (Fsp3) is 0.448. The third-order valence-electron chi connectivity index (χ3n) is 7.32. The molecule has 0 radical (unpaired) electrons. The molecule has 0 bridgehead atoms. The van der Waals surface area contributed by atoms with Gasteiger partial charge in [-0.1, -0.05) is 18.5 Å². The molecule has 1 fully saturated rings. The largest absolute Gasteiger partial charge is 0.496 e. The van der Waals surface area contributed by atoms with Crippen LogP contribution in [0.5, 0.6) is 11.5 Å². The highest BCUT2D eigenvalue weighted by Gasteiger charge is 2.38. The zero-order valence-corrected chi connectivity index (χ0v) is 23.6. The zero-order chi connectivity index (χ0) is 29.0. The van der Waals surface area contributed by atoms with Crippen molar-refractivity contribution >= 4 is 35.1 Å². The molecule has 0 unspecified atom stereocenters. The summed E-state index contributed by atoms with van der Waals surface area (Å²) >= 11 is 6.18. The van der Waals surface area contributed by atoms with E-state index in [0.29, 0.717) is 37.1 Å². The Bertz CT molecular complexity index is 1310. The van der Waals surface area contributed by atoms with Crippen LogP contribution >= 0.6 is 11.6 Å². The van der Waals surface area contributed by atoms with Crippen molar-refractivity contribution in [2.24, 2.45) is 5.41 Å². The van der Waals surface area contributed by atoms with Crippen LogP contribution < -0.4 is 20.1 Å². The van der Waals surface area contributed by atoms with Crippen molar-refractivity contribution in [1.29, 1.82) is 5.26 Å². The number of nitriles is 1. The molecule has 3 N–H and O–H groups in total. The van der Waals surface area contributed by atoms with Crippen LogP contribution in [0.4, 0.5) is 5.69 Å². The van der Waals surface area contributed by atoms with Crippen LogP contribution in [0.15, 0.2) is 30.3 Å². The molecular weight excluding hydrogens is 522 g/mol. The molecule has 2 amide bonds. The molecule has 39 heavy (non-hydrogen) atoms. The van der Waals surface area contributed by atoms with Crippen molar-refractivity contribution in [3.63, 3.8) is 0 Å². The van der Waals surface area contributed by atoms with Gasteiger partial charge in [-0.25, -0.2) is 0 Å². The standard InChI is InChI=1S/C29H34ClN3O6/c1-6-28(2,3)33-26(35)20-8-7-18(30)14-22(20)32-25(34)21-15-23(17(16-31)13-24(21)38-5)39-19-9-11-29(4,12-10-19)27(36)37/h7-8,13-15,19H,6,9-12H2,1-5H3,(H,32,34)(H,33,35)(H,36,37). The maximum absolute atomic E-state index is 13.5. The van der Waals surface area contributed by atoms with Crippen LogP contribution in [0, 0.1) is 16.7 Å². The number of hydrogen-bond donors (Lipinski definition) is 3. The Morgan fingerprint density at radius 1 is 1.13 bits per heavy atom. The lowest BCUT2D eigenvalue weighted by Gasteiger charge is -2.34. The number of rotatable bonds is 9. The minimum atomic E-state index is -0.839. The van der Waals surface area contributed by atoms with Gasteiger partial charge < -0.3 is 25.2 Å². The lowest BCUT2D eigenvalue weighted by Crippen LogP contribution is -2.43. The summed E-state index contributed by atoms with van der Waals surface area (Å²) in [6.07, 6.45) is 2.27. The lowest BCUT2D eigenvalue weighted by atomic mass is 9.75. The monoisotopic (exact) mass is 555 g/mol. The van der Waals surface area contributed by atoms with Crippen LogP contribution in [-0.2, 0) is 4.79 Å². The second kappa shape index (κ2) is 12.0. The van der Waals surface area contributed by atoms with Crippen LogP contribution in [0.1, 0.15) is 86.1 Å². The SMILES string of the molecule is CCC(C)(C)NC(=O)c1ccc(Cl)cc1NC(=O)c1cc(OC2CCC(C)(C(=O)O)CC2)c(C#N)cc1OC. The van der Waals surface area contributed by atoms with E-state index in [4.69, 9.17) is 21.1 Å². The number of benzene rings is 2. The smallest absolute Gasteiger partial charge is 0.309 e. The van der Waals surface area contributed by atoms with Gasteiger partial charge in [0.1, 0.15) is 17.6 Å². The molecule has 0 heterocycles. The zero-order valence-electron chi connectivity index (χ0n) is 22.8. The maximum Gasteiger partial charge on any atom is 0.309 e. The van der Waals surface area contributed by atoms with Crippen LogP contribution in [-0.4, -0.2) is 41.6 Å². The van der Waals surface area contributed by atoms with Gasteiger partial charge in [0.2, 0.25) is 0 Å². The molecular formula is C29H34ClN3O6. The quantitative estimate of drug-likeness (QED) is 0.355. The second-order valence-electron chi connectivity index (χ2n) is 10.7. The molecule has 1 aliphatic rings. The Morgan fingerprint density at radius 3 is 2.36 bits per heavy atom. The normalized spacial score (nSPS) is 18.9. The van der Waals surface area contributed by atoms with Gasteiger partial charge in [-0.15, -0.1) is 0 Å². The summed E-state index contributed by atoms with van der Waals surface area (Å²) in [4.78, 5) is 38.0. The summed E-state index contributed by atoms with van der Waals surface area (Å²) in [6, 6.07) is 9.52. The number of nitrogens with zero attached hydrogens (tertiary/aromatic N) is 1. The van der Waals surface area contributed by atoms with E-state index in [-0.39, 0.29) is 45.9 Å². The van der Waals surface area contributed by atoms with Gasteiger partial charge in [0.25, 0.3) is 11.8 Å². The van der Waals surface area contributed by atoms with Crippen LogP contribution in [0.3, 0.4) is 0 Å². The average Bonchev–Trinajstić information content (AvgIpc) is 2.89. The summed E-state index contributed by atoms with van der Waals surface area (Å²) < 4.78 is 11.5. The molecule has 1 saturated carbocycles. The van der Waals surface area contributed by atoms with Crippen molar-refractivity contribution in [1.82, 2.24) is 5.32 Å². The van der Waals surface area contributed by atoms with E-state index in [1.165, 1.54) is 31.4 Å². The number of ether oxygens (including phenoxy) is 2. The summed E-state index contributed by atoms with van der Waals surface area (Å²) in [5, 5.41) is 25.2. The molecule has 0 spiro atoms. The third-order valence-corrected chi connectivity index (χ3v) is 7.56. The van der Waals surface area contributed by atoms with Gasteiger partial charge in [0.15, 0.2) is 0 Å². The van der Waals surface area contributed by atoms with Crippen molar-refractivity contribution in [2.75, 3.05) is 12.4 Å². The van der Waals surface area contributed by atoms with Crippen molar-refractivity contribution < 1.29 is 29.0 Å². The van der Waals surface area contributed by atoms with Gasteiger partial charge >= 0.3 is 5.97 Å². The fourth-order valence-corrected chi connectivity index (χ4v) is 4.47. The Labute approximate surface area is 233 Å². The van der Waals surface area contributed by atoms with Gasteiger partial charge in [0.05, 0.1) is 41.0 Å². The van der Waals surface area contributed by atoms with E-state index in [2.05, 4.69) is 16.7 Å². The predicted molar refractivity (Wildman–Crippen MR) is 148 cm³/mol. The number of halogens is 1. The number of aliphatic carboxylic acids is 1. The third kappa shape index (κ3) is 7.01. The summed E-state index contributed by atoms with van der Waals surface area (Å²) in [5.74, 6) is -1.45. The minimum absolute atomic E-state index is 0.0953. The predicted octanol–water partition coefficient (Wildman–Crippen LogP) is 5.80. The molecule has 2 aromatic rings. The lowest BCUT2D eigenvalue weighted by molar-refractivity contribution is -0.150. The topological polar surface area (TPSA) is 138 Å². The summed E-state index contributed by atoms with van der Waals surface area (Å²) in [6.45, 7) is 7.47. The first kappa shape index (κ1) is 29.8. The van der Waals surface area contributed by atoms with E-state index < -0.39 is 22.8 Å². The molecule has 0 aromatic heterocycles. The van der Waals surface area contributed by atoms with Gasteiger partial charge in [-0.3, -0.25) is 14.4 Å². The van der Waals surface area contributed by atoms with Crippen molar-refractivity contribution in [3.8, 4) is 17.6 Å². The molecule has 0 saturated heterocycles. The molecule has 10 heteroatoms. The van der Waals surface area contributed by atoms with Crippen molar-refractivity contribution in [2.45, 2.75) is 71.4 Å². The fourth-order valence-electron chi connectivity index (χ4n) is 4.30. The Balaban J connectivity index is 1.90. The Hall–Kier alpha value is -3.77. The molecule has 0 aliphatic heterocycles. The number of methoxy groups -OCH3 is 1. The number of amides is 2. The Kier molecular flexibility index (Phi) is 9.13. The van der Waals surface area contributed by atoms with E-state index in [1.807, 2.05) is 20.8 Å². The van der Waals surface area contributed by atoms with Gasteiger partial charge in [0, 0.05) is 16.6 Å². The molecule has 9 nitrogen and oxygen atoms in total. The van der Waals surface area contributed by atoms with E-state index in [1.54, 1.807) is 13.0 Å². The maximum atomic E-state index is 13.5. The minimum Gasteiger partial charge on any atom is -0.496 e. The van der Waals surface area contributed by atoms with Crippen LogP contribution in [0.25, 0.3) is 0 Å². The van der Waals surface area contributed by atoms with Gasteiger partial charge in [-0.05, 0) is 77.1 Å². The molecule has 1 aliphatic carbocycles. The van der Waals surface area contributed by atoms with Crippen LogP contribution in [0.2, 0.25) is 5.02 Å². The average molecular weight is 556 g/mol. The highest BCUT2D eigenvalue weighted by molar-refractivity contribution is 6.31. The van der Waals surface area contributed by atoms with E-state index in [9.17, 15) is 24.8 Å². The summed E-state index contributed by atoms with van der Waals surface area (Å²) in [5.41, 5.74) is -0.539. The number of carboxylic acids is 1. The molecule has 3 rings (SSSR count). The molecule has 0 atom stereocenters. The van der Waals surface area contributed by atoms with E-state index in [0.717, 1.165) is 0 Å². The number of nitrogens with one attached hydrogen (secondary N) is 2.